The number of fused-ring (bicyclic) bond motifs is 2. The summed E-state index contributed by atoms with van der Waals surface area (Å²) in [7, 11) is 1.55. The van der Waals surface area contributed by atoms with E-state index in [0.29, 0.717) is 10.9 Å². The third-order valence-corrected chi connectivity index (χ3v) is 5.68. The van der Waals surface area contributed by atoms with Crippen LogP contribution in [0.4, 0.5) is 4.79 Å². The third-order valence-electron chi connectivity index (χ3n) is 5.34. The van der Waals surface area contributed by atoms with Crippen LogP contribution in [-0.2, 0) is 14.2 Å². The van der Waals surface area contributed by atoms with E-state index in [9.17, 15) is 4.79 Å². The molecule has 2 aliphatic rings. The number of amides is 1. The molecule has 1 N–H and O–H groups in total. The Morgan fingerprint density at radius 1 is 1.32 bits per heavy atom. The number of carbonyl (C=O) groups excluding carboxylic acids is 1. The van der Waals surface area contributed by atoms with Crippen molar-refractivity contribution in [2.75, 3.05) is 13.9 Å². The fraction of sp³-hybridized carbons (Fsp3) is 0.632. The highest BCUT2D eigenvalue weighted by molar-refractivity contribution is 6.31. The normalized spacial score (nSPS) is 27.1. The molecule has 1 amide bonds. The minimum atomic E-state index is -0.492. The van der Waals surface area contributed by atoms with E-state index < -0.39 is 12.2 Å². The van der Waals surface area contributed by atoms with Crippen molar-refractivity contribution in [3.63, 3.8) is 0 Å². The number of ether oxygens (including phenoxy) is 3. The van der Waals surface area contributed by atoms with E-state index in [-0.39, 0.29) is 18.9 Å². The maximum Gasteiger partial charge on any atom is 0.407 e. The van der Waals surface area contributed by atoms with Crippen LogP contribution < -0.4 is 5.32 Å². The Morgan fingerprint density at radius 3 is 2.76 bits per heavy atom. The van der Waals surface area contributed by atoms with Crippen molar-refractivity contribution in [3.8, 4) is 0 Å². The van der Waals surface area contributed by atoms with Gasteiger partial charge in [0.15, 0.2) is 0 Å². The molecule has 1 aromatic rings. The number of methoxy groups -OCH3 is 1. The van der Waals surface area contributed by atoms with Gasteiger partial charge in [0.25, 0.3) is 0 Å². The molecular formula is C19H26ClNO4. The zero-order chi connectivity index (χ0) is 17.8. The fourth-order valence-electron chi connectivity index (χ4n) is 4.16. The minimum absolute atomic E-state index is 0.0948. The van der Waals surface area contributed by atoms with Crippen molar-refractivity contribution in [1.29, 1.82) is 0 Å². The molecule has 3 unspecified atom stereocenters. The topological polar surface area (TPSA) is 56.8 Å². The monoisotopic (exact) mass is 367 g/mol. The van der Waals surface area contributed by atoms with Crippen LogP contribution in [0.25, 0.3) is 0 Å². The van der Waals surface area contributed by atoms with E-state index in [1.54, 1.807) is 13.2 Å². The van der Waals surface area contributed by atoms with Gasteiger partial charge in [0.1, 0.15) is 19.0 Å². The van der Waals surface area contributed by atoms with Crippen molar-refractivity contribution >= 4 is 17.7 Å². The molecule has 0 heterocycles. The molecule has 6 heteroatoms. The lowest BCUT2D eigenvalue weighted by Crippen LogP contribution is -2.41. The molecule has 0 saturated heterocycles. The fourth-order valence-corrected chi connectivity index (χ4v) is 4.41. The van der Waals surface area contributed by atoms with Crippen molar-refractivity contribution in [2.24, 2.45) is 11.8 Å². The molecule has 5 nitrogen and oxygen atoms in total. The van der Waals surface area contributed by atoms with E-state index in [2.05, 4.69) is 5.32 Å². The number of benzene rings is 1. The highest BCUT2D eigenvalue weighted by atomic mass is 35.5. The van der Waals surface area contributed by atoms with Crippen molar-refractivity contribution in [3.05, 3.63) is 34.9 Å². The van der Waals surface area contributed by atoms with Gasteiger partial charge in [0, 0.05) is 23.7 Å². The van der Waals surface area contributed by atoms with Crippen LogP contribution >= 0.6 is 11.6 Å². The summed E-state index contributed by atoms with van der Waals surface area (Å²) >= 11 is 6.28. The first kappa shape index (κ1) is 18.5. The van der Waals surface area contributed by atoms with Gasteiger partial charge in [-0.2, -0.15) is 0 Å². The Morgan fingerprint density at radius 2 is 2.12 bits per heavy atom. The van der Waals surface area contributed by atoms with Gasteiger partial charge < -0.3 is 19.5 Å². The van der Waals surface area contributed by atoms with Gasteiger partial charge in [-0.3, -0.25) is 0 Å². The van der Waals surface area contributed by atoms with Crippen molar-refractivity contribution < 1.29 is 19.0 Å². The summed E-state index contributed by atoms with van der Waals surface area (Å²) in [6.07, 6.45) is 3.45. The molecule has 2 fully saturated rings. The number of rotatable bonds is 7. The average Bonchev–Trinajstić information content (AvgIpc) is 3.19. The Hall–Kier alpha value is -1.30. The van der Waals surface area contributed by atoms with Gasteiger partial charge in [0.2, 0.25) is 0 Å². The van der Waals surface area contributed by atoms with E-state index in [4.69, 9.17) is 25.8 Å². The van der Waals surface area contributed by atoms with Gasteiger partial charge in [0.05, 0.1) is 0 Å². The van der Waals surface area contributed by atoms with Gasteiger partial charge >= 0.3 is 6.09 Å². The van der Waals surface area contributed by atoms with Crippen molar-refractivity contribution in [2.45, 2.75) is 50.9 Å². The summed E-state index contributed by atoms with van der Waals surface area (Å²) in [6.45, 7) is 1.90. The van der Waals surface area contributed by atoms with Crippen molar-refractivity contribution in [1.82, 2.24) is 5.32 Å². The zero-order valence-corrected chi connectivity index (χ0v) is 15.5. The van der Waals surface area contributed by atoms with Crippen LogP contribution in [0.3, 0.4) is 0 Å². The lowest BCUT2D eigenvalue weighted by Gasteiger charge is -2.27. The predicted molar refractivity (Wildman–Crippen MR) is 95.5 cm³/mol. The van der Waals surface area contributed by atoms with E-state index in [1.165, 1.54) is 19.3 Å². The number of nitrogens with one attached hydrogen (secondary N) is 1. The first-order chi connectivity index (χ1) is 12.1. The largest absolute Gasteiger partial charge is 0.443 e. The third kappa shape index (κ3) is 4.46. The molecule has 0 spiro atoms. The second-order valence-corrected chi connectivity index (χ2v) is 7.46. The summed E-state index contributed by atoms with van der Waals surface area (Å²) in [5.74, 6) is 1.38. The quantitative estimate of drug-likeness (QED) is 0.730. The maximum absolute atomic E-state index is 12.3. The van der Waals surface area contributed by atoms with Crippen LogP contribution in [0.15, 0.2) is 24.3 Å². The van der Waals surface area contributed by atoms with Crippen LogP contribution in [0, 0.1) is 11.8 Å². The van der Waals surface area contributed by atoms with Gasteiger partial charge in [-0.15, -0.1) is 0 Å². The molecule has 2 bridgehead atoms. The molecule has 0 radical (unpaired) electrons. The van der Waals surface area contributed by atoms with Gasteiger partial charge in [-0.25, -0.2) is 4.79 Å². The molecule has 0 aromatic heterocycles. The minimum Gasteiger partial charge on any atom is -0.443 e. The summed E-state index contributed by atoms with van der Waals surface area (Å²) < 4.78 is 16.3. The Labute approximate surface area is 154 Å². The SMILES string of the molecule is COCO[C@H](c1ccccc1Cl)[C@@H](C)OC(=O)NC1CC2CCC1C2. The number of carbonyl (C=O) groups is 1. The van der Waals surface area contributed by atoms with Crippen LogP contribution in [-0.4, -0.2) is 32.1 Å². The molecule has 3 rings (SSSR count). The second kappa shape index (κ2) is 8.39. The second-order valence-electron chi connectivity index (χ2n) is 7.05. The van der Waals surface area contributed by atoms with Crippen LogP contribution in [0.2, 0.25) is 5.02 Å². The number of alkyl carbamates (subject to hydrolysis) is 1. The Balaban J connectivity index is 1.60. The van der Waals surface area contributed by atoms with E-state index in [1.807, 2.05) is 25.1 Å². The van der Waals surface area contributed by atoms with Gasteiger partial charge in [-0.1, -0.05) is 36.2 Å². The smallest absolute Gasteiger partial charge is 0.407 e. The van der Waals surface area contributed by atoms with E-state index in [0.717, 1.165) is 17.9 Å². The molecule has 25 heavy (non-hydrogen) atoms. The highest BCUT2D eigenvalue weighted by Gasteiger charge is 2.40. The van der Waals surface area contributed by atoms with Gasteiger partial charge in [-0.05, 0) is 44.1 Å². The Bertz CT molecular complexity index is 597. The first-order valence-corrected chi connectivity index (χ1v) is 9.28. The molecule has 2 aliphatic carbocycles. The summed E-state index contributed by atoms with van der Waals surface area (Å²) in [5, 5.41) is 3.61. The molecule has 5 atom stereocenters. The molecule has 2 saturated carbocycles. The molecule has 138 valence electrons. The first-order valence-electron chi connectivity index (χ1n) is 8.90. The highest BCUT2D eigenvalue weighted by Crippen LogP contribution is 2.44. The number of hydrogen-bond acceptors (Lipinski definition) is 4. The number of hydrogen-bond donors (Lipinski definition) is 1. The van der Waals surface area contributed by atoms with E-state index >= 15 is 0 Å². The number of halogens is 1. The molecule has 0 aliphatic heterocycles. The maximum atomic E-state index is 12.3. The van der Waals surface area contributed by atoms with Crippen LogP contribution in [0.1, 0.15) is 44.3 Å². The summed E-state index contributed by atoms with van der Waals surface area (Å²) in [5.41, 5.74) is 0.779. The Kier molecular flexibility index (Phi) is 6.20. The van der Waals surface area contributed by atoms with Crippen LogP contribution in [0.5, 0.6) is 0 Å². The lowest BCUT2D eigenvalue weighted by molar-refractivity contribution is -0.112. The average molecular weight is 368 g/mol. The zero-order valence-electron chi connectivity index (χ0n) is 14.7. The standard InChI is InChI=1S/C19H26ClNO4/c1-12(18(24-11-23-2)15-5-3-4-6-16(15)20)25-19(22)21-17-10-13-7-8-14(17)9-13/h3-6,12-14,17-18H,7-11H2,1-2H3,(H,21,22)/t12-,13?,14?,17?,18+/m1/s1. The predicted octanol–water partition coefficient (Wildman–Crippen LogP) is 4.30. The summed E-state index contributed by atoms with van der Waals surface area (Å²) in [6, 6.07) is 7.65. The summed E-state index contributed by atoms with van der Waals surface area (Å²) in [4.78, 5) is 12.3. The molecule has 1 aromatic carbocycles. The molecular weight excluding hydrogens is 342 g/mol. The lowest BCUT2D eigenvalue weighted by atomic mass is 9.96.